The number of anilines is 1. The van der Waals surface area contributed by atoms with Crippen molar-refractivity contribution < 1.29 is 23.6 Å². The number of hydrazine groups is 2. The topological polar surface area (TPSA) is 59.0 Å². The number of rotatable bonds is 3. The minimum atomic E-state index is -4.87. The zero-order valence-electron chi connectivity index (χ0n) is 7.31. The molecule has 0 radical (unpaired) electrons. The van der Waals surface area contributed by atoms with Crippen molar-refractivity contribution in [3.63, 3.8) is 0 Å². The van der Waals surface area contributed by atoms with Crippen molar-refractivity contribution in [1.29, 1.82) is 0 Å². The SMILES string of the molecule is ONN(O)N(c1ccccc1)C(F)(F)F. The molecule has 0 aromatic heterocycles. The Morgan fingerprint density at radius 1 is 1.13 bits per heavy atom. The van der Waals surface area contributed by atoms with Gasteiger partial charge in [0.1, 0.15) is 0 Å². The number of nitrogens with zero attached hydrogens (tertiary/aromatic N) is 2. The molecule has 0 saturated heterocycles. The third-order valence-electron chi connectivity index (χ3n) is 1.52. The summed E-state index contributed by atoms with van der Waals surface area (Å²) < 4.78 is 37.2. The molecule has 0 fully saturated rings. The Morgan fingerprint density at radius 3 is 2.07 bits per heavy atom. The molecule has 0 aliphatic carbocycles. The predicted molar refractivity (Wildman–Crippen MR) is 43.5 cm³/mol. The fourth-order valence-electron chi connectivity index (χ4n) is 0.977. The Kier molecular flexibility index (Phi) is 3.48. The van der Waals surface area contributed by atoms with E-state index in [-0.39, 0.29) is 5.69 Å². The summed E-state index contributed by atoms with van der Waals surface area (Å²) in [5, 5.41) is 15.9. The van der Waals surface area contributed by atoms with Crippen LogP contribution in [0.5, 0.6) is 0 Å². The van der Waals surface area contributed by atoms with Crippen LogP contribution in [-0.2, 0) is 0 Å². The molecule has 0 bridgehead atoms. The second-order valence-electron chi connectivity index (χ2n) is 2.50. The number of para-hydroxylation sites is 1. The van der Waals surface area contributed by atoms with Crippen LogP contribution in [-0.4, -0.2) is 22.0 Å². The first-order valence-electron chi connectivity index (χ1n) is 3.77. The van der Waals surface area contributed by atoms with E-state index in [2.05, 4.69) is 0 Å². The lowest BCUT2D eigenvalue weighted by Crippen LogP contribution is -2.54. The number of halogens is 3. The summed E-state index contributed by atoms with van der Waals surface area (Å²) in [6.45, 7) is 0. The molecular weight excluding hydrogens is 215 g/mol. The molecule has 0 spiro atoms. The van der Waals surface area contributed by atoms with Crippen LogP contribution < -0.4 is 10.6 Å². The molecule has 84 valence electrons. The molecule has 1 aromatic carbocycles. The molecule has 0 saturated carbocycles. The molecule has 0 heterocycles. The minimum Gasteiger partial charge on any atom is -0.298 e. The van der Waals surface area contributed by atoms with Crippen LogP contribution in [0.3, 0.4) is 0 Å². The summed E-state index contributed by atoms with van der Waals surface area (Å²) >= 11 is 0. The van der Waals surface area contributed by atoms with E-state index in [0.717, 1.165) is 17.7 Å². The highest BCUT2D eigenvalue weighted by atomic mass is 19.4. The normalized spacial score (nSPS) is 11.9. The van der Waals surface area contributed by atoms with Crippen molar-refractivity contribution in [1.82, 2.24) is 10.9 Å². The van der Waals surface area contributed by atoms with Gasteiger partial charge in [-0.15, -0.1) is 13.2 Å². The number of benzene rings is 1. The van der Waals surface area contributed by atoms with Gasteiger partial charge in [0.05, 0.1) is 5.69 Å². The second-order valence-corrected chi connectivity index (χ2v) is 2.50. The van der Waals surface area contributed by atoms with Crippen LogP contribution in [0.4, 0.5) is 18.9 Å². The average molecular weight is 223 g/mol. The van der Waals surface area contributed by atoms with Gasteiger partial charge in [-0.05, 0) is 12.1 Å². The Balaban J connectivity index is 3.02. The van der Waals surface area contributed by atoms with Crippen LogP contribution in [0.1, 0.15) is 0 Å². The van der Waals surface area contributed by atoms with E-state index in [4.69, 9.17) is 10.4 Å². The maximum Gasteiger partial charge on any atom is 0.502 e. The Hall–Kier alpha value is -1.35. The third-order valence-corrected chi connectivity index (χ3v) is 1.52. The maximum absolute atomic E-state index is 12.4. The zero-order valence-corrected chi connectivity index (χ0v) is 7.31. The van der Waals surface area contributed by atoms with Crippen LogP contribution in [0.15, 0.2) is 30.3 Å². The Labute approximate surface area is 82.8 Å². The fraction of sp³-hybridized carbons (Fsp3) is 0.143. The monoisotopic (exact) mass is 223 g/mol. The Bertz CT molecular complexity index is 306. The molecule has 0 aliphatic heterocycles. The summed E-state index contributed by atoms with van der Waals surface area (Å²) in [5.74, 6) is 0. The van der Waals surface area contributed by atoms with E-state index in [0.29, 0.717) is 0 Å². The third kappa shape index (κ3) is 2.80. The summed E-state index contributed by atoms with van der Waals surface area (Å²) in [4.78, 5) is 0. The van der Waals surface area contributed by atoms with Gasteiger partial charge in [-0.3, -0.25) is 10.4 Å². The lowest BCUT2D eigenvalue weighted by atomic mass is 10.3. The standard InChI is InChI=1S/C7H8F3N3O2/c8-7(9,10)12(13(15)11-14)6-4-2-1-3-5-6/h1-5,11,14-15H. The number of hydrogen-bond donors (Lipinski definition) is 3. The highest BCUT2D eigenvalue weighted by molar-refractivity contribution is 5.45. The summed E-state index contributed by atoms with van der Waals surface area (Å²) in [6, 6.07) is 6.48. The number of nitrogens with one attached hydrogen (secondary N) is 1. The molecular formula is C7H8F3N3O2. The van der Waals surface area contributed by atoms with Gasteiger partial charge in [-0.25, -0.2) is 0 Å². The van der Waals surface area contributed by atoms with Gasteiger partial charge in [0, 0.05) is 5.28 Å². The molecule has 1 rings (SSSR count). The molecule has 0 unspecified atom stereocenters. The highest BCUT2D eigenvalue weighted by Crippen LogP contribution is 2.28. The lowest BCUT2D eigenvalue weighted by molar-refractivity contribution is -0.286. The van der Waals surface area contributed by atoms with Gasteiger partial charge in [0.15, 0.2) is 0 Å². The van der Waals surface area contributed by atoms with E-state index in [1.165, 1.54) is 18.2 Å². The van der Waals surface area contributed by atoms with Crippen molar-refractivity contribution in [2.24, 2.45) is 0 Å². The first kappa shape index (κ1) is 11.7. The van der Waals surface area contributed by atoms with Crippen LogP contribution in [0, 0.1) is 0 Å². The van der Waals surface area contributed by atoms with E-state index < -0.39 is 16.6 Å². The quantitative estimate of drug-likeness (QED) is 0.535. The molecule has 0 atom stereocenters. The van der Waals surface area contributed by atoms with Gasteiger partial charge in [0.2, 0.25) is 0 Å². The first-order valence-corrected chi connectivity index (χ1v) is 3.77. The largest absolute Gasteiger partial charge is 0.502 e. The van der Waals surface area contributed by atoms with Gasteiger partial charge in [0.25, 0.3) is 0 Å². The lowest BCUT2D eigenvalue weighted by Gasteiger charge is -2.30. The molecule has 8 heteroatoms. The number of hydrogen-bond acceptors (Lipinski definition) is 5. The molecule has 5 nitrogen and oxygen atoms in total. The van der Waals surface area contributed by atoms with Crippen molar-refractivity contribution in [3.8, 4) is 0 Å². The van der Waals surface area contributed by atoms with Crippen molar-refractivity contribution in [3.05, 3.63) is 30.3 Å². The molecule has 0 amide bonds. The van der Waals surface area contributed by atoms with E-state index in [9.17, 15) is 13.2 Å². The van der Waals surface area contributed by atoms with Gasteiger partial charge in [-0.1, -0.05) is 23.8 Å². The first-order chi connectivity index (χ1) is 6.96. The summed E-state index contributed by atoms with van der Waals surface area (Å²) in [5.41, 5.74) is 0.612. The number of alkyl halides is 3. The summed E-state index contributed by atoms with van der Waals surface area (Å²) in [7, 11) is 0. The molecule has 3 N–H and O–H groups in total. The molecule has 0 aliphatic rings. The van der Waals surface area contributed by atoms with Gasteiger partial charge >= 0.3 is 6.30 Å². The van der Waals surface area contributed by atoms with Crippen molar-refractivity contribution in [2.45, 2.75) is 6.30 Å². The molecule has 1 aromatic rings. The molecule has 15 heavy (non-hydrogen) atoms. The van der Waals surface area contributed by atoms with Crippen LogP contribution in [0.25, 0.3) is 0 Å². The van der Waals surface area contributed by atoms with Crippen LogP contribution in [0.2, 0.25) is 0 Å². The van der Waals surface area contributed by atoms with E-state index in [1.807, 2.05) is 0 Å². The van der Waals surface area contributed by atoms with Gasteiger partial charge < -0.3 is 0 Å². The van der Waals surface area contributed by atoms with E-state index in [1.54, 1.807) is 0 Å². The van der Waals surface area contributed by atoms with Crippen LogP contribution >= 0.6 is 0 Å². The Morgan fingerprint density at radius 2 is 1.67 bits per heavy atom. The highest BCUT2D eigenvalue weighted by Gasteiger charge is 2.42. The smallest absolute Gasteiger partial charge is 0.298 e. The van der Waals surface area contributed by atoms with Crippen molar-refractivity contribution in [2.75, 3.05) is 5.01 Å². The fourth-order valence-corrected chi connectivity index (χ4v) is 0.977. The van der Waals surface area contributed by atoms with E-state index >= 15 is 0 Å². The zero-order chi connectivity index (χ0) is 11.5. The van der Waals surface area contributed by atoms with Gasteiger partial charge in [-0.2, -0.15) is 5.01 Å². The second kappa shape index (κ2) is 4.45. The van der Waals surface area contributed by atoms with Crippen molar-refractivity contribution >= 4 is 5.69 Å². The maximum atomic E-state index is 12.4. The minimum absolute atomic E-state index is 0.353. The summed E-state index contributed by atoms with van der Waals surface area (Å²) in [6.07, 6.45) is -4.87. The predicted octanol–water partition coefficient (Wildman–Crippen LogP) is 1.51. The average Bonchev–Trinajstić information content (AvgIpc) is 2.17.